The van der Waals surface area contributed by atoms with Gasteiger partial charge in [0.2, 0.25) is 5.91 Å². The van der Waals surface area contributed by atoms with Crippen molar-refractivity contribution in [3.63, 3.8) is 0 Å². The van der Waals surface area contributed by atoms with Crippen LogP contribution >= 0.6 is 11.8 Å². The van der Waals surface area contributed by atoms with E-state index in [2.05, 4.69) is 15.5 Å². The summed E-state index contributed by atoms with van der Waals surface area (Å²) in [5.74, 6) is -0.255. The number of aryl methyl sites for hydroxylation is 1. The maximum absolute atomic E-state index is 12.4. The van der Waals surface area contributed by atoms with Crippen LogP contribution in [0.4, 0.5) is 0 Å². The minimum absolute atomic E-state index is 0.0101. The van der Waals surface area contributed by atoms with Crippen molar-refractivity contribution >= 4 is 23.3 Å². The van der Waals surface area contributed by atoms with Gasteiger partial charge in [-0.25, -0.2) is 9.48 Å². The van der Waals surface area contributed by atoms with Crippen LogP contribution in [0.25, 0.3) is 5.65 Å². The molecule has 0 fully saturated rings. The molecule has 1 N–H and O–H groups in total. The zero-order valence-corrected chi connectivity index (χ0v) is 15.1. The summed E-state index contributed by atoms with van der Waals surface area (Å²) >= 11 is 1.46. The summed E-state index contributed by atoms with van der Waals surface area (Å²) in [4.78, 5) is 25.3. The smallest absolute Gasteiger partial charge is 0.352 e. The predicted molar refractivity (Wildman–Crippen MR) is 95.8 cm³/mol. The van der Waals surface area contributed by atoms with E-state index in [0.717, 1.165) is 9.58 Å². The lowest BCUT2D eigenvalue weighted by Crippen LogP contribution is -2.36. The first-order valence-electron chi connectivity index (χ1n) is 7.93. The number of nitrogens with zero attached hydrogens (tertiary/aromatic N) is 4. The molecule has 0 aliphatic rings. The highest BCUT2D eigenvalue weighted by atomic mass is 32.2. The van der Waals surface area contributed by atoms with Crippen molar-refractivity contribution in [2.45, 2.75) is 43.3 Å². The lowest BCUT2D eigenvalue weighted by Gasteiger charge is -2.06. The molecule has 8 heteroatoms. The molecule has 7 nitrogen and oxygen atoms in total. The standard InChI is InChI=1S/C17H19N5O2S/c1-11(2)18-15(23)10-21-17(24)22-14(19-21)8-9-16(20-22)25-13-6-4-12(3)5-7-13/h4-9,11H,10H2,1-3H3,(H,18,23). The summed E-state index contributed by atoms with van der Waals surface area (Å²) in [6.07, 6.45) is 0. The largest absolute Gasteiger partial charge is 0.367 e. The van der Waals surface area contributed by atoms with Crippen LogP contribution in [0, 0.1) is 6.92 Å². The number of nitrogens with one attached hydrogen (secondary N) is 1. The summed E-state index contributed by atoms with van der Waals surface area (Å²) in [5, 5.41) is 11.9. The molecule has 0 saturated heterocycles. The van der Waals surface area contributed by atoms with Gasteiger partial charge in [-0.3, -0.25) is 4.79 Å². The number of hydrogen-bond acceptors (Lipinski definition) is 5. The summed E-state index contributed by atoms with van der Waals surface area (Å²) in [7, 11) is 0. The maximum atomic E-state index is 12.4. The van der Waals surface area contributed by atoms with E-state index in [-0.39, 0.29) is 18.5 Å². The van der Waals surface area contributed by atoms with Crippen LogP contribution in [-0.2, 0) is 11.3 Å². The monoisotopic (exact) mass is 357 g/mol. The van der Waals surface area contributed by atoms with Crippen LogP contribution in [0.5, 0.6) is 0 Å². The van der Waals surface area contributed by atoms with Gasteiger partial charge in [-0.15, -0.1) is 5.10 Å². The highest BCUT2D eigenvalue weighted by Crippen LogP contribution is 2.25. The zero-order chi connectivity index (χ0) is 18.0. The van der Waals surface area contributed by atoms with Crippen LogP contribution in [0.15, 0.2) is 51.1 Å². The van der Waals surface area contributed by atoms with Gasteiger partial charge >= 0.3 is 5.69 Å². The summed E-state index contributed by atoms with van der Waals surface area (Å²) in [6, 6.07) is 11.6. The molecule has 1 amide bonds. The second-order valence-corrected chi connectivity index (χ2v) is 7.11. The lowest BCUT2D eigenvalue weighted by atomic mass is 10.2. The van der Waals surface area contributed by atoms with E-state index in [1.807, 2.05) is 51.1 Å². The number of hydrogen-bond donors (Lipinski definition) is 1. The van der Waals surface area contributed by atoms with Gasteiger partial charge in [-0.05, 0) is 45.0 Å². The number of benzene rings is 1. The third-order valence-corrected chi connectivity index (χ3v) is 4.34. The first kappa shape index (κ1) is 17.2. The Balaban J connectivity index is 1.85. The summed E-state index contributed by atoms with van der Waals surface area (Å²) in [5.41, 5.74) is 1.17. The highest BCUT2D eigenvalue weighted by Gasteiger charge is 2.13. The van der Waals surface area contributed by atoms with E-state index in [1.54, 1.807) is 6.07 Å². The second-order valence-electron chi connectivity index (χ2n) is 6.02. The molecule has 25 heavy (non-hydrogen) atoms. The number of amides is 1. The van der Waals surface area contributed by atoms with E-state index in [9.17, 15) is 9.59 Å². The first-order chi connectivity index (χ1) is 11.9. The molecule has 0 radical (unpaired) electrons. The van der Waals surface area contributed by atoms with E-state index >= 15 is 0 Å². The Bertz CT molecular complexity index is 959. The van der Waals surface area contributed by atoms with Gasteiger partial charge in [0.25, 0.3) is 0 Å². The Kier molecular flexibility index (Phi) is 4.89. The normalized spacial score (nSPS) is 11.2. The van der Waals surface area contributed by atoms with Crippen LogP contribution in [-0.4, -0.2) is 31.3 Å². The molecule has 2 heterocycles. The Hall–Kier alpha value is -2.61. The predicted octanol–water partition coefficient (Wildman–Crippen LogP) is 1.88. The molecule has 0 spiro atoms. The number of aromatic nitrogens is 4. The van der Waals surface area contributed by atoms with E-state index in [0.29, 0.717) is 10.7 Å². The van der Waals surface area contributed by atoms with Crippen LogP contribution in [0.3, 0.4) is 0 Å². The molecule has 0 bridgehead atoms. The molecular weight excluding hydrogens is 338 g/mol. The third-order valence-electron chi connectivity index (χ3n) is 3.40. The maximum Gasteiger partial charge on any atom is 0.367 e. The van der Waals surface area contributed by atoms with Gasteiger partial charge in [0.1, 0.15) is 11.6 Å². The number of carbonyl (C=O) groups excluding carboxylic acids is 1. The van der Waals surface area contributed by atoms with Gasteiger partial charge in [-0.1, -0.05) is 29.5 Å². The molecule has 130 valence electrons. The van der Waals surface area contributed by atoms with E-state index < -0.39 is 5.69 Å². The molecule has 3 rings (SSSR count). The third kappa shape index (κ3) is 4.08. The van der Waals surface area contributed by atoms with Gasteiger partial charge in [-0.2, -0.15) is 9.61 Å². The fourth-order valence-electron chi connectivity index (χ4n) is 2.28. The number of rotatable bonds is 5. The van der Waals surface area contributed by atoms with Crippen molar-refractivity contribution in [2.75, 3.05) is 0 Å². The van der Waals surface area contributed by atoms with Crippen LogP contribution in [0.1, 0.15) is 19.4 Å². The Morgan fingerprint density at radius 2 is 1.88 bits per heavy atom. The Labute approximate surface area is 149 Å². The molecule has 2 aromatic heterocycles. The van der Waals surface area contributed by atoms with Crippen molar-refractivity contribution < 1.29 is 4.79 Å². The molecule has 0 atom stereocenters. The van der Waals surface area contributed by atoms with Crippen LogP contribution < -0.4 is 11.0 Å². The lowest BCUT2D eigenvalue weighted by molar-refractivity contribution is -0.122. The quantitative estimate of drug-likeness (QED) is 0.754. The molecule has 3 aromatic rings. The first-order valence-corrected chi connectivity index (χ1v) is 8.75. The highest BCUT2D eigenvalue weighted by molar-refractivity contribution is 7.99. The summed E-state index contributed by atoms with van der Waals surface area (Å²) < 4.78 is 2.35. The Morgan fingerprint density at radius 1 is 1.16 bits per heavy atom. The molecule has 0 unspecified atom stereocenters. The van der Waals surface area contributed by atoms with E-state index in [4.69, 9.17) is 0 Å². The molecule has 0 aliphatic carbocycles. The zero-order valence-electron chi connectivity index (χ0n) is 14.3. The van der Waals surface area contributed by atoms with Crippen molar-refractivity contribution in [3.05, 3.63) is 52.4 Å². The topological polar surface area (TPSA) is 81.3 Å². The summed E-state index contributed by atoms with van der Waals surface area (Å²) in [6.45, 7) is 5.63. The minimum Gasteiger partial charge on any atom is -0.352 e. The fraction of sp³-hybridized carbons (Fsp3) is 0.294. The number of fused-ring (bicyclic) bond motifs is 1. The van der Waals surface area contributed by atoms with Gasteiger partial charge in [0.05, 0.1) is 0 Å². The average Bonchev–Trinajstić information content (AvgIpc) is 2.85. The Morgan fingerprint density at radius 3 is 2.56 bits per heavy atom. The van der Waals surface area contributed by atoms with Gasteiger partial charge in [0.15, 0.2) is 5.65 Å². The van der Waals surface area contributed by atoms with Crippen molar-refractivity contribution in [3.8, 4) is 0 Å². The minimum atomic E-state index is -0.430. The SMILES string of the molecule is Cc1ccc(Sc2ccc3nn(CC(=O)NC(C)C)c(=O)n3n2)cc1. The molecule has 1 aromatic carbocycles. The van der Waals surface area contributed by atoms with Crippen molar-refractivity contribution in [1.29, 1.82) is 0 Å². The van der Waals surface area contributed by atoms with Gasteiger partial charge in [0, 0.05) is 10.9 Å². The number of carbonyl (C=O) groups is 1. The molecule has 0 saturated carbocycles. The van der Waals surface area contributed by atoms with Crippen molar-refractivity contribution in [2.24, 2.45) is 0 Å². The average molecular weight is 357 g/mol. The molecule has 0 aliphatic heterocycles. The van der Waals surface area contributed by atoms with Crippen molar-refractivity contribution in [1.82, 2.24) is 24.7 Å². The molecular formula is C17H19N5O2S. The fourth-order valence-corrected chi connectivity index (χ4v) is 3.05. The van der Waals surface area contributed by atoms with Crippen LogP contribution in [0.2, 0.25) is 0 Å². The second kappa shape index (κ2) is 7.10. The van der Waals surface area contributed by atoms with E-state index in [1.165, 1.54) is 21.8 Å². The van der Waals surface area contributed by atoms with Gasteiger partial charge < -0.3 is 5.32 Å².